The van der Waals surface area contributed by atoms with Crippen LogP contribution < -0.4 is 14.8 Å². The first kappa shape index (κ1) is 27.9. The number of thioether (sulfide) groups is 1. The number of halogens is 1. The van der Waals surface area contributed by atoms with Crippen molar-refractivity contribution in [2.75, 3.05) is 32.3 Å². The van der Waals surface area contributed by atoms with Crippen LogP contribution in [-0.4, -0.2) is 49.2 Å². The van der Waals surface area contributed by atoms with E-state index in [0.29, 0.717) is 41.0 Å². The van der Waals surface area contributed by atoms with Gasteiger partial charge in [0, 0.05) is 35.1 Å². The molecule has 2 aromatic carbocycles. The van der Waals surface area contributed by atoms with E-state index >= 15 is 0 Å². The summed E-state index contributed by atoms with van der Waals surface area (Å²) in [6.07, 6.45) is 0.889. The number of ketones is 1. The number of aromatic hydroxyl groups is 1. The summed E-state index contributed by atoms with van der Waals surface area (Å²) in [6.45, 7) is 4.12. The molecule has 0 fully saturated rings. The van der Waals surface area contributed by atoms with Crippen LogP contribution in [0.3, 0.4) is 0 Å². The van der Waals surface area contributed by atoms with Gasteiger partial charge in [0.1, 0.15) is 12.4 Å². The summed E-state index contributed by atoms with van der Waals surface area (Å²) < 4.78 is 16.2. The first-order valence-electron chi connectivity index (χ1n) is 12.5. The predicted molar refractivity (Wildman–Crippen MR) is 149 cm³/mol. The molecular formula is C29H32ClNO6S. The quantitative estimate of drug-likeness (QED) is 0.299. The van der Waals surface area contributed by atoms with E-state index < -0.39 is 11.9 Å². The first-order valence-corrected chi connectivity index (χ1v) is 14.0. The minimum atomic E-state index is -0.714. The van der Waals surface area contributed by atoms with Crippen LogP contribution in [0.15, 0.2) is 58.9 Å². The van der Waals surface area contributed by atoms with Crippen molar-refractivity contribution in [3.63, 3.8) is 0 Å². The van der Waals surface area contributed by atoms with Crippen LogP contribution in [0.1, 0.15) is 49.7 Å². The van der Waals surface area contributed by atoms with Crippen molar-refractivity contribution in [3.05, 3.63) is 75.1 Å². The highest BCUT2D eigenvalue weighted by molar-refractivity contribution is 7.99. The molecule has 4 rings (SSSR count). The highest BCUT2D eigenvalue weighted by Gasteiger charge is 2.42. The number of benzene rings is 2. The Morgan fingerprint density at radius 1 is 1.13 bits per heavy atom. The first-order chi connectivity index (χ1) is 18.3. The third-order valence-electron chi connectivity index (χ3n) is 6.90. The van der Waals surface area contributed by atoms with Crippen LogP contribution in [0.2, 0.25) is 5.02 Å². The molecule has 2 aromatic rings. The molecule has 9 heteroatoms. The highest BCUT2D eigenvalue weighted by Crippen LogP contribution is 2.48. The van der Waals surface area contributed by atoms with Crippen molar-refractivity contribution in [2.24, 2.45) is 0 Å². The maximum Gasteiger partial charge on any atom is 0.336 e. The molecular weight excluding hydrogens is 526 g/mol. The van der Waals surface area contributed by atoms with Gasteiger partial charge in [0.05, 0.1) is 24.8 Å². The molecule has 0 amide bonds. The number of ether oxygens (including phenoxy) is 3. The topological polar surface area (TPSA) is 94.1 Å². The zero-order valence-corrected chi connectivity index (χ0v) is 23.5. The van der Waals surface area contributed by atoms with Gasteiger partial charge in [-0.25, -0.2) is 4.79 Å². The van der Waals surface area contributed by atoms with Gasteiger partial charge < -0.3 is 24.6 Å². The number of phenolic OH excluding ortho intramolecular Hbond substituents is 1. The number of rotatable bonds is 9. The Balaban J connectivity index is 1.76. The lowest BCUT2D eigenvalue weighted by Gasteiger charge is -2.37. The zero-order valence-electron chi connectivity index (χ0n) is 21.9. The number of dihydropyridines is 1. The number of carbonyl (C=O) groups is 2. The van der Waals surface area contributed by atoms with Crippen LogP contribution >= 0.6 is 23.4 Å². The minimum Gasteiger partial charge on any atom is -0.503 e. The smallest absolute Gasteiger partial charge is 0.336 e. The number of carbonyl (C=O) groups excluding carboxylic acids is 2. The molecule has 0 saturated carbocycles. The van der Waals surface area contributed by atoms with Gasteiger partial charge in [0.2, 0.25) is 0 Å². The molecule has 1 heterocycles. The molecule has 0 unspecified atom stereocenters. The van der Waals surface area contributed by atoms with Crippen LogP contribution in [0.4, 0.5) is 0 Å². The molecule has 1 aliphatic carbocycles. The summed E-state index contributed by atoms with van der Waals surface area (Å²) in [4.78, 5) is 27.2. The Bertz CT molecular complexity index is 1290. The third-order valence-corrected chi connectivity index (χ3v) is 8.06. The monoisotopic (exact) mass is 557 g/mol. The van der Waals surface area contributed by atoms with Crippen LogP contribution in [0, 0.1) is 0 Å². The van der Waals surface area contributed by atoms with Gasteiger partial charge in [0.25, 0.3) is 0 Å². The summed E-state index contributed by atoms with van der Waals surface area (Å²) in [6, 6.07) is 10.9. The summed E-state index contributed by atoms with van der Waals surface area (Å²) in [5, 5.41) is 13.8. The average molecular weight is 558 g/mol. The van der Waals surface area contributed by atoms with Gasteiger partial charge in [-0.1, -0.05) is 30.7 Å². The third kappa shape index (κ3) is 5.66. The van der Waals surface area contributed by atoms with Crippen LogP contribution in [-0.2, 0) is 14.3 Å². The largest absolute Gasteiger partial charge is 0.503 e. The van der Waals surface area contributed by atoms with Crippen LogP contribution in [0.5, 0.6) is 17.2 Å². The van der Waals surface area contributed by atoms with E-state index in [1.54, 1.807) is 31.0 Å². The average Bonchev–Trinajstić information content (AvgIpc) is 2.91. The predicted octanol–water partition coefficient (Wildman–Crippen LogP) is 5.72. The Kier molecular flexibility index (Phi) is 8.95. The lowest BCUT2D eigenvalue weighted by Crippen LogP contribution is -2.36. The summed E-state index contributed by atoms with van der Waals surface area (Å²) in [7, 11) is 3.04. The molecule has 202 valence electrons. The second-order valence-electron chi connectivity index (χ2n) is 9.18. The van der Waals surface area contributed by atoms with Gasteiger partial charge in [-0.3, -0.25) is 4.79 Å². The van der Waals surface area contributed by atoms with E-state index in [0.717, 1.165) is 22.8 Å². The fraction of sp³-hybridized carbons (Fsp3) is 0.379. The standard InChI is InChI=1S/C29H32ClNO6S/c1-5-38-11-10-37-29(34)25-16(2)31-22-13-18(17-6-8-20(35-3)9-7-17)14-23(32)27(22)26(25)19-12-21(30)28(33)24(15-19)36-4/h6-9,12,15,18,26,31,33H,5,10-11,13-14H2,1-4H3/t18-,26-/m1/s1. The maximum atomic E-state index is 13.8. The number of esters is 1. The molecule has 0 radical (unpaired) electrons. The van der Waals surface area contributed by atoms with Crippen molar-refractivity contribution >= 4 is 35.1 Å². The fourth-order valence-electron chi connectivity index (χ4n) is 5.09. The molecule has 0 bridgehead atoms. The number of methoxy groups -OCH3 is 2. The fourth-order valence-corrected chi connectivity index (χ4v) is 5.80. The lowest BCUT2D eigenvalue weighted by atomic mass is 9.71. The van der Waals surface area contributed by atoms with Gasteiger partial charge >= 0.3 is 5.97 Å². The zero-order chi connectivity index (χ0) is 27.4. The Morgan fingerprint density at radius 2 is 1.87 bits per heavy atom. The van der Waals surface area contributed by atoms with E-state index in [1.165, 1.54) is 7.11 Å². The molecule has 38 heavy (non-hydrogen) atoms. The van der Waals surface area contributed by atoms with E-state index in [-0.39, 0.29) is 34.8 Å². The maximum absolute atomic E-state index is 13.8. The van der Waals surface area contributed by atoms with Crippen LogP contribution in [0.25, 0.3) is 0 Å². The number of nitrogens with one attached hydrogen (secondary N) is 1. The SMILES string of the molecule is CCSCCOC(=O)C1=C(C)NC2=C(C(=O)C[C@H](c3ccc(OC)cc3)C2)[C@@H]1c1cc(Cl)c(O)c(OC)c1. The molecule has 2 N–H and O–H groups in total. The Morgan fingerprint density at radius 3 is 2.53 bits per heavy atom. The lowest BCUT2D eigenvalue weighted by molar-refractivity contribution is -0.138. The number of hydrogen-bond donors (Lipinski definition) is 2. The number of hydrogen-bond acceptors (Lipinski definition) is 8. The molecule has 0 aromatic heterocycles. The number of allylic oxidation sites excluding steroid dienone is 3. The summed E-state index contributed by atoms with van der Waals surface area (Å²) in [5.41, 5.74) is 3.87. The van der Waals surface area contributed by atoms with E-state index in [2.05, 4.69) is 5.32 Å². The molecule has 7 nitrogen and oxygen atoms in total. The van der Waals surface area contributed by atoms with Gasteiger partial charge in [0.15, 0.2) is 17.3 Å². The molecule has 2 atom stereocenters. The van der Waals surface area contributed by atoms with Crippen molar-refractivity contribution in [1.29, 1.82) is 0 Å². The van der Waals surface area contributed by atoms with Gasteiger partial charge in [-0.05, 0) is 60.4 Å². The van der Waals surface area contributed by atoms with Gasteiger partial charge in [-0.15, -0.1) is 0 Å². The van der Waals surface area contributed by atoms with E-state index in [9.17, 15) is 14.7 Å². The summed E-state index contributed by atoms with van der Waals surface area (Å²) in [5.74, 6) is 1.04. The Hall–Kier alpha value is -3.10. The molecule has 2 aliphatic rings. The Labute approximate surface area is 232 Å². The minimum absolute atomic E-state index is 0.0226. The number of phenols is 1. The highest BCUT2D eigenvalue weighted by atomic mass is 35.5. The van der Waals surface area contributed by atoms with Crippen molar-refractivity contribution in [1.82, 2.24) is 5.32 Å². The van der Waals surface area contributed by atoms with Crippen molar-refractivity contribution in [3.8, 4) is 17.2 Å². The molecule has 0 saturated heterocycles. The van der Waals surface area contributed by atoms with Crippen molar-refractivity contribution < 1.29 is 28.9 Å². The second-order valence-corrected chi connectivity index (χ2v) is 11.0. The second kappa shape index (κ2) is 12.2. The van der Waals surface area contributed by atoms with E-state index in [4.69, 9.17) is 25.8 Å². The summed E-state index contributed by atoms with van der Waals surface area (Å²) >= 11 is 8.03. The molecule has 1 aliphatic heterocycles. The molecule has 0 spiro atoms. The number of Topliss-reactive ketones (excluding diaryl/α,β-unsaturated/α-hetero) is 1. The van der Waals surface area contributed by atoms with Gasteiger partial charge in [-0.2, -0.15) is 11.8 Å². The van der Waals surface area contributed by atoms with Crippen molar-refractivity contribution in [2.45, 2.75) is 38.5 Å². The normalized spacial score (nSPS) is 19.1. The van der Waals surface area contributed by atoms with E-state index in [1.807, 2.05) is 38.1 Å².